The molecule has 0 saturated carbocycles. The predicted molar refractivity (Wildman–Crippen MR) is 126 cm³/mol. The number of hydrogen-bond acceptors (Lipinski definition) is 3. The molecule has 0 heterocycles. The first-order chi connectivity index (χ1) is 12.3. The second-order valence-electron chi connectivity index (χ2n) is 6.05. The van der Waals surface area contributed by atoms with E-state index in [1.165, 1.54) is 6.26 Å². The number of nitrogens with one attached hydrogen (secondary N) is 2. The number of halogens is 2. The van der Waals surface area contributed by atoms with Crippen LogP contribution in [0.25, 0.3) is 0 Å². The third-order valence-corrected chi connectivity index (χ3v) is 5.50. The van der Waals surface area contributed by atoms with E-state index in [4.69, 9.17) is 0 Å². The first-order valence-corrected chi connectivity index (χ1v) is 11.0. The Kier molecular flexibility index (Phi) is 9.75. The Morgan fingerprint density at radius 3 is 2.44 bits per heavy atom. The molecule has 0 radical (unpaired) electrons. The number of hydrogen-bond donors (Lipinski definition) is 2. The van der Waals surface area contributed by atoms with Crippen molar-refractivity contribution in [1.82, 2.24) is 10.6 Å². The minimum atomic E-state index is -3.19. The first kappa shape index (κ1) is 23.9. The summed E-state index contributed by atoms with van der Waals surface area (Å²) in [5, 5.41) is 6.50. The quantitative estimate of drug-likeness (QED) is 0.315. The van der Waals surface area contributed by atoms with E-state index in [9.17, 15) is 8.42 Å². The molecule has 0 spiro atoms. The second-order valence-corrected chi connectivity index (χ2v) is 8.95. The van der Waals surface area contributed by atoms with Gasteiger partial charge in [-0.25, -0.2) is 13.4 Å². The van der Waals surface area contributed by atoms with Gasteiger partial charge in [0.1, 0.15) is 0 Å². The van der Waals surface area contributed by atoms with Gasteiger partial charge in [-0.3, -0.25) is 0 Å². The lowest BCUT2D eigenvalue weighted by atomic mass is 10.1. The van der Waals surface area contributed by atoms with Crippen molar-refractivity contribution in [2.75, 3.05) is 12.8 Å². The predicted octanol–water partition coefficient (Wildman–Crippen LogP) is 4.03. The molecule has 0 bridgehead atoms. The van der Waals surface area contributed by atoms with Crippen LogP contribution in [0, 0.1) is 6.92 Å². The zero-order valence-corrected chi connectivity index (χ0v) is 20.4. The highest BCUT2D eigenvalue weighted by Crippen LogP contribution is 2.16. The SMILES string of the molecule is CCNC(=NCc1cccc(Br)c1)NCc1ccc(S(C)(=O)=O)c(C)c1.I. The topological polar surface area (TPSA) is 70.6 Å². The van der Waals surface area contributed by atoms with Gasteiger partial charge < -0.3 is 10.6 Å². The molecule has 0 amide bonds. The van der Waals surface area contributed by atoms with Crippen LogP contribution >= 0.6 is 39.9 Å². The van der Waals surface area contributed by atoms with Gasteiger partial charge in [-0.05, 0) is 48.7 Å². The average Bonchev–Trinajstić information content (AvgIpc) is 2.56. The zero-order valence-electron chi connectivity index (χ0n) is 15.6. The monoisotopic (exact) mass is 565 g/mol. The van der Waals surface area contributed by atoms with Gasteiger partial charge in [-0.1, -0.05) is 40.2 Å². The molecule has 0 aliphatic carbocycles. The summed E-state index contributed by atoms with van der Waals surface area (Å²) in [6.07, 6.45) is 1.23. The summed E-state index contributed by atoms with van der Waals surface area (Å²) in [6, 6.07) is 13.4. The van der Waals surface area contributed by atoms with Crippen molar-refractivity contribution in [2.45, 2.75) is 31.8 Å². The highest BCUT2D eigenvalue weighted by Gasteiger charge is 2.10. The van der Waals surface area contributed by atoms with Gasteiger partial charge >= 0.3 is 0 Å². The molecule has 148 valence electrons. The van der Waals surface area contributed by atoms with E-state index in [1.54, 1.807) is 6.07 Å². The van der Waals surface area contributed by atoms with Crippen molar-refractivity contribution in [1.29, 1.82) is 0 Å². The van der Waals surface area contributed by atoms with Crippen molar-refractivity contribution < 1.29 is 8.42 Å². The molecule has 0 aliphatic rings. The minimum absolute atomic E-state index is 0. The summed E-state index contributed by atoms with van der Waals surface area (Å²) in [5.74, 6) is 0.720. The molecule has 27 heavy (non-hydrogen) atoms. The molecule has 0 aliphatic heterocycles. The van der Waals surface area contributed by atoms with Crippen LogP contribution in [0.5, 0.6) is 0 Å². The lowest BCUT2D eigenvalue weighted by molar-refractivity contribution is 0.601. The van der Waals surface area contributed by atoms with Gasteiger partial charge in [-0.2, -0.15) is 0 Å². The molecule has 0 fully saturated rings. The average molecular weight is 566 g/mol. The van der Waals surface area contributed by atoms with Crippen molar-refractivity contribution in [2.24, 2.45) is 4.99 Å². The zero-order chi connectivity index (χ0) is 19.2. The highest BCUT2D eigenvalue weighted by atomic mass is 127. The lowest BCUT2D eigenvalue weighted by Gasteiger charge is -2.13. The van der Waals surface area contributed by atoms with Crippen LogP contribution in [0.1, 0.15) is 23.6 Å². The van der Waals surface area contributed by atoms with E-state index in [-0.39, 0.29) is 24.0 Å². The van der Waals surface area contributed by atoms with E-state index in [0.717, 1.165) is 33.7 Å². The maximum absolute atomic E-state index is 11.7. The summed E-state index contributed by atoms with van der Waals surface area (Å²) in [6.45, 7) is 5.72. The molecule has 0 atom stereocenters. The summed E-state index contributed by atoms with van der Waals surface area (Å²) in [5.41, 5.74) is 2.87. The Morgan fingerprint density at radius 2 is 1.85 bits per heavy atom. The van der Waals surface area contributed by atoms with E-state index >= 15 is 0 Å². The Labute approximate surface area is 187 Å². The number of rotatable bonds is 6. The van der Waals surface area contributed by atoms with Crippen molar-refractivity contribution in [3.63, 3.8) is 0 Å². The molecule has 0 unspecified atom stereocenters. The van der Waals surface area contributed by atoms with E-state index in [1.807, 2.05) is 50.2 Å². The maximum atomic E-state index is 11.7. The molecule has 2 aromatic rings. The normalized spacial score (nSPS) is 11.6. The smallest absolute Gasteiger partial charge is 0.191 e. The molecule has 5 nitrogen and oxygen atoms in total. The van der Waals surface area contributed by atoms with Crippen molar-refractivity contribution >= 4 is 55.7 Å². The standard InChI is InChI=1S/C19H24BrN3O2S.HI/c1-4-21-19(22-12-15-6-5-7-17(20)11-15)23-13-16-8-9-18(14(2)10-16)26(3,24)25;/h5-11H,4,12-13H2,1-3H3,(H2,21,22,23);1H. The second kappa shape index (κ2) is 11.0. The Bertz CT molecular complexity index is 902. The fourth-order valence-corrected chi connectivity index (χ4v) is 3.98. The van der Waals surface area contributed by atoms with Gasteiger partial charge in [-0.15, -0.1) is 24.0 Å². The first-order valence-electron chi connectivity index (χ1n) is 8.36. The summed E-state index contributed by atoms with van der Waals surface area (Å²) < 4.78 is 24.5. The largest absolute Gasteiger partial charge is 0.357 e. The fourth-order valence-electron chi connectivity index (χ4n) is 2.57. The number of nitrogens with zero attached hydrogens (tertiary/aromatic N) is 1. The van der Waals surface area contributed by atoms with Gasteiger partial charge in [0.15, 0.2) is 15.8 Å². The van der Waals surface area contributed by atoms with Crippen LogP contribution in [0.2, 0.25) is 0 Å². The van der Waals surface area contributed by atoms with Gasteiger partial charge in [0.25, 0.3) is 0 Å². The Balaban J connectivity index is 0.00000364. The third-order valence-electron chi connectivity index (χ3n) is 3.75. The van der Waals surface area contributed by atoms with Crippen LogP contribution in [-0.4, -0.2) is 27.2 Å². The molecule has 8 heteroatoms. The molecular weight excluding hydrogens is 541 g/mol. The Morgan fingerprint density at radius 1 is 1.11 bits per heavy atom. The molecule has 2 aromatic carbocycles. The van der Waals surface area contributed by atoms with Crippen molar-refractivity contribution in [3.05, 3.63) is 63.6 Å². The van der Waals surface area contributed by atoms with Gasteiger partial charge in [0.2, 0.25) is 0 Å². The van der Waals surface area contributed by atoms with E-state index < -0.39 is 9.84 Å². The lowest BCUT2D eigenvalue weighted by Crippen LogP contribution is -2.36. The number of sulfone groups is 1. The number of benzene rings is 2. The minimum Gasteiger partial charge on any atom is -0.357 e. The number of guanidine groups is 1. The van der Waals surface area contributed by atoms with Crippen LogP contribution in [0.15, 0.2) is 56.8 Å². The van der Waals surface area contributed by atoms with E-state index in [0.29, 0.717) is 18.0 Å². The van der Waals surface area contributed by atoms with Crippen LogP contribution in [-0.2, 0) is 22.9 Å². The van der Waals surface area contributed by atoms with E-state index in [2.05, 4.69) is 31.6 Å². The number of aryl methyl sites for hydroxylation is 1. The summed E-state index contributed by atoms with van der Waals surface area (Å²) in [4.78, 5) is 4.97. The fraction of sp³-hybridized carbons (Fsp3) is 0.316. The molecular formula is C19H25BrIN3O2S. The summed E-state index contributed by atoms with van der Waals surface area (Å²) >= 11 is 3.47. The third kappa shape index (κ3) is 7.79. The van der Waals surface area contributed by atoms with Gasteiger partial charge in [0, 0.05) is 23.8 Å². The maximum Gasteiger partial charge on any atom is 0.191 e. The van der Waals surface area contributed by atoms with Crippen LogP contribution < -0.4 is 10.6 Å². The Hall–Kier alpha value is -1.13. The molecule has 0 saturated heterocycles. The van der Waals surface area contributed by atoms with Crippen LogP contribution in [0.4, 0.5) is 0 Å². The van der Waals surface area contributed by atoms with Crippen molar-refractivity contribution in [3.8, 4) is 0 Å². The highest BCUT2D eigenvalue weighted by molar-refractivity contribution is 14.0. The molecule has 0 aromatic heterocycles. The molecule has 2 N–H and O–H groups in total. The summed E-state index contributed by atoms with van der Waals surface area (Å²) in [7, 11) is -3.19. The number of aliphatic imine (C=N–C) groups is 1. The molecule has 2 rings (SSSR count). The van der Waals surface area contributed by atoms with Gasteiger partial charge in [0.05, 0.1) is 11.4 Å². The van der Waals surface area contributed by atoms with Crippen LogP contribution in [0.3, 0.4) is 0 Å².